The number of fused-ring (bicyclic) bond motifs is 7. The number of ketones is 1. The fourth-order valence-electron chi connectivity index (χ4n) is 12.4. The van der Waals surface area contributed by atoms with Crippen molar-refractivity contribution in [1.29, 1.82) is 0 Å². The monoisotopic (exact) mass is 543 g/mol. The Balaban J connectivity index is 1.40. The maximum Gasteiger partial charge on any atom is 0.312 e. The van der Waals surface area contributed by atoms with E-state index >= 15 is 0 Å². The number of carbonyl (C=O) groups excluding carboxylic acids is 2. The molecule has 0 heterocycles. The van der Waals surface area contributed by atoms with Crippen LogP contribution in [0.15, 0.2) is 23.8 Å². The number of hydrogen-bond acceptors (Lipinski definition) is 3. The van der Waals surface area contributed by atoms with Crippen molar-refractivity contribution >= 4 is 11.8 Å². The Hall–Kier alpha value is -1.38. The molecule has 6 fully saturated rings. The number of Topliss-reactive ketones (excluding diaryl/α,β-unsaturated/α-hetero) is 1. The Labute approximate surface area is 244 Å². The molecule has 6 rings (SSSR count). The third-order valence-corrected chi connectivity index (χ3v) is 14.3. The predicted octanol–water partition coefficient (Wildman–Crippen LogP) is 8.33. The van der Waals surface area contributed by atoms with Crippen LogP contribution < -0.4 is 0 Å². The number of methoxy groups -OCH3 is 1. The van der Waals surface area contributed by atoms with Crippen LogP contribution in [-0.2, 0) is 14.3 Å². The molecule has 217 valence electrons. The number of allylic oxidation sites excluding steroid dienone is 3. The van der Waals surface area contributed by atoms with Gasteiger partial charge in [0.25, 0.3) is 0 Å². The van der Waals surface area contributed by atoms with Gasteiger partial charge in [-0.25, -0.2) is 0 Å². The highest BCUT2D eigenvalue weighted by molar-refractivity contribution is 6.01. The average molecular weight is 544 g/mol. The molecular formula is C37H51O3. The van der Waals surface area contributed by atoms with E-state index in [0.29, 0.717) is 35.4 Å². The summed E-state index contributed by atoms with van der Waals surface area (Å²) in [5, 5.41) is 0. The van der Waals surface area contributed by atoms with Crippen LogP contribution in [-0.4, -0.2) is 18.9 Å². The van der Waals surface area contributed by atoms with Crippen molar-refractivity contribution in [3.63, 3.8) is 0 Å². The number of carbonyl (C=O) groups is 2. The zero-order chi connectivity index (χ0) is 28.9. The average Bonchev–Trinajstić information content (AvgIpc) is 3.55. The van der Waals surface area contributed by atoms with Gasteiger partial charge in [-0.1, -0.05) is 52.8 Å². The summed E-state index contributed by atoms with van der Waals surface area (Å²) in [4.78, 5) is 27.4. The molecule has 0 aromatic heterocycles. The molecule has 9 atom stereocenters. The fourth-order valence-corrected chi connectivity index (χ4v) is 12.4. The van der Waals surface area contributed by atoms with Crippen LogP contribution >= 0.6 is 0 Å². The van der Waals surface area contributed by atoms with Gasteiger partial charge in [0, 0.05) is 11.3 Å². The Morgan fingerprint density at radius 1 is 0.925 bits per heavy atom. The molecule has 0 amide bonds. The van der Waals surface area contributed by atoms with E-state index in [0.717, 1.165) is 50.0 Å². The van der Waals surface area contributed by atoms with Crippen LogP contribution in [0.2, 0.25) is 0 Å². The van der Waals surface area contributed by atoms with E-state index in [2.05, 4.69) is 79.9 Å². The molecule has 3 nitrogen and oxygen atoms in total. The van der Waals surface area contributed by atoms with Gasteiger partial charge in [0.1, 0.15) is 0 Å². The summed E-state index contributed by atoms with van der Waals surface area (Å²) in [5.41, 5.74) is 1.99. The Kier molecular flexibility index (Phi) is 6.68. The molecule has 0 aliphatic heterocycles. The number of ether oxygens (including phenoxy) is 1. The zero-order valence-electron chi connectivity index (χ0n) is 26.1. The third kappa shape index (κ3) is 3.60. The van der Waals surface area contributed by atoms with Gasteiger partial charge in [-0.3, -0.25) is 9.59 Å². The largest absolute Gasteiger partial charge is 0.469 e. The Morgan fingerprint density at radius 2 is 1.62 bits per heavy atom. The van der Waals surface area contributed by atoms with Gasteiger partial charge in [0.15, 0.2) is 5.78 Å². The van der Waals surface area contributed by atoms with E-state index in [1.54, 1.807) is 7.11 Å². The molecule has 0 aromatic rings. The Bertz CT molecular complexity index is 1120. The van der Waals surface area contributed by atoms with Gasteiger partial charge in [-0.15, -0.1) is 0 Å². The topological polar surface area (TPSA) is 43.4 Å². The Morgan fingerprint density at radius 3 is 2.27 bits per heavy atom. The van der Waals surface area contributed by atoms with E-state index in [1.165, 1.54) is 24.8 Å². The lowest BCUT2D eigenvalue weighted by atomic mass is 9.32. The third-order valence-electron chi connectivity index (χ3n) is 14.3. The van der Waals surface area contributed by atoms with Crippen molar-refractivity contribution in [3.05, 3.63) is 55.4 Å². The van der Waals surface area contributed by atoms with Crippen molar-refractivity contribution in [1.82, 2.24) is 0 Å². The molecule has 5 radical (unpaired) electrons. The summed E-state index contributed by atoms with van der Waals surface area (Å²) in [5.74, 6) is 3.73. The molecule has 6 saturated carbocycles. The summed E-state index contributed by atoms with van der Waals surface area (Å²) >= 11 is 0. The van der Waals surface area contributed by atoms with Gasteiger partial charge in [0.05, 0.1) is 12.5 Å². The van der Waals surface area contributed by atoms with Crippen molar-refractivity contribution in [2.24, 2.45) is 56.7 Å². The zero-order valence-corrected chi connectivity index (χ0v) is 26.1. The smallest absolute Gasteiger partial charge is 0.312 e. The lowest BCUT2D eigenvalue weighted by molar-refractivity contribution is -0.232. The minimum absolute atomic E-state index is 0.0288. The van der Waals surface area contributed by atoms with Crippen molar-refractivity contribution in [3.8, 4) is 0 Å². The molecule has 0 saturated heterocycles. The summed E-state index contributed by atoms with van der Waals surface area (Å²) in [6.07, 6.45) is 20.1. The molecule has 0 aromatic carbocycles. The molecule has 6 aliphatic rings. The van der Waals surface area contributed by atoms with E-state index in [-0.39, 0.29) is 33.0 Å². The van der Waals surface area contributed by atoms with Gasteiger partial charge in [0.2, 0.25) is 0 Å². The van der Waals surface area contributed by atoms with Crippen LogP contribution in [0.4, 0.5) is 0 Å². The molecule has 0 spiro atoms. The normalized spacial score (nSPS) is 49.1. The standard InChI is InChI=1S/C37H51O3/c1-23(2)26-15-18-37(32(39)40-8)20-19-35(6)27(30(26)37)13-14-29-34(5)22-25(21-24-11-9-10-12-24)31(38)33(3,4)28(34)16-17-36(29,35)7/h9-12,21,26-30H,1,13-20,22H2,2-8H3/b25-21+/t26-,27+,28-,29+,30+,34-,35+,36+,37-/m0/s1. The molecule has 3 heteroatoms. The summed E-state index contributed by atoms with van der Waals surface area (Å²) in [6.45, 7) is 18.8. The summed E-state index contributed by atoms with van der Waals surface area (Å²) in [6, 6.07) is 0. The summed E-state index contributed by atoms with van der Waals surface area (Å²) < 4.78 is 5.53. The SMILES string of the molecule is C=C(C)[C@@H]1CC[C@]2(C(=O)OC)CC[C@]3(C)[C@H](CC[C@@H]4[C@@]5(C)C/C(=C\[C]6[CH][CH][CH][CH]6)C(=O)C(C)(C)[C@@H]5CC[C@]43C)[C@@H]12. The highest BCUT2D eigenvalue weighted by atomic mass is 16.5. The van der Waals surface area contributed by atoms with Crippen LogP contribution in [0.25, 0.3) is 0 Å². The van der Waals surface area contributed by atoms with Gasteiger partial charge in [-0.05, 0) is 142 Å². The number of hydrogen-bond donors (Lipinski definition) is 0. The predicted molar refractivity (Wildman–Crippen MR) is 160 cm³/mol. The molecule has 6 aliphatic carbocycles. The minimum Gasteiger partial charge on any atom is -0.469 e. The second kappa shape index (κ2) is 9.31. The van der Waals surface area contributed by atoms with Crippen LogP contribution in [0, 0.1) is 88.3 Å². The quantitative estimate of drug-likeness (QED) is 0.204. The second-order valence-corrected chi connectivity index (χ2v) is 15.9. The van der Waals surface area contributed by atoms with E-state index in [1.807, 2.05) is 0 Å². The van der Waals surface area contributed by atoms with Crippen LogP contribution in [0.3, 0.4) is 0 Å². The number of esters is 1. The first-order valence-corrected chi connectivity index (χ1v) is 16.0. The lowest BCUT2D eigenvalue weighted by Crippen LogP contribution is -2.67. The first kappa shape index (κ1) is 28.7. The molecule has 0 unspecified atom stereocenters. The van der Waals surface area contributed by atoms with E-state index in [9.17, 15) is 9.59 Å². The minimum atomic E-state index is -0.354. The van der Waals surface area contributed by atoms with Crippen molar-refractivity contribution < 1.29 is 14.3 Å². The highest BCUT2D eigenvalue weighted by Gasteiger charge is 2.72. The van der Waals surface area contributed by atoms with Crippen molar-refractivity contribution in [2.75, 3.05) is 7.11 Å². The highest BCUT2D eigenvalue weighted by Crippen LogP contribution is 2.77. The second-order valence-electron chi connectivity index (χ2n) is 15.9. The molecule has 0 bridgehead atoms. The van der Waals surface area contributed by atoms with E-state index in [4.69, 9.17) is 4.74 Å². The summed E-state index contributed by atoms with van der Waals surface area (Å²) in [7, 11) is 1.59. The number of rotatable bonds is 3. The molecular weight excluding hydrogens is 492 g/mol. The van der Waals surface area contributed by atoms with Crippen LogP contribution in [0.1, 0.15) is 99.3 Å². The van der Waals surface area contributed by atoms with Crippen LogP contribution in [0.5, 0.6) is 0 Å². The fraction of sp³-hybridized carbons (Fsp3) is 0.703. The first-order valence-electron chi connectivity index (χ1n) is 16.0. The van der Waals surface area contributed by atoms with Gasteiger partial charge in [-0.2, -0.15) is 0 Å². The van der Waals surface area contributed by atoms with Crippen molar-refractivity contribution in [2.45, 2.75) is 99.3 Å². The maximum atomic E-state index is 13.9. The van der Waals surface area contributed by atoms with Gasteiger partial charge >= 0.3 is 5.97 Å². The molecule has 0 N–H and O–H groups in total. The maximum absolute atomic E-state index is 13.9. The molecule has 40 heavy (non-hydrogen) atoms. The van der Waals surface area contributed by atoms with Gasteiger partial charge < -0.3 is 4.74 Å². The lowest BCUT2D eigenvalue weighted by Gasteiger charge is -2.72. The van der Waals surface area contributed by atoms with E-state index < -0.39 is 0 Å². The first-order chi connectivity index (χ1) is 18.8.